The van der Waals surface area contributed by atoms with E-state index in [0.717, 1.165) is 38.1 Å². The van der Waals surface area contributed by atoms with Crippen LogP contribution in [0.5, 0.6) is 0 Å². The van der Waals surface area contributed by atoms with Gasteiger partial charge in [-0.2, -0.15) is 0 Å². The lowest BCUT2D eigenvalue weighted by molar-refractivity contribution is -0.139. The van der Waals surface area contributed by atoms with Gasteiger partial charge in [0, 0.05) is 18.2 Å². The average molecular weight is 552 g/mol. The molecule has 218 valence electrons. The Bertz CT molecular complexity index is 1060. The normalized spacial score (nSPS) is 29.3. The average Bonchev–Trinajstić information content (AvgIpc) is 3.52. The summed E-state index contributed by atoms with van der Waals surface area (Å²) in [6.45, 7) is 5.06. The van der Waals surface area contributed by atoms with Crippen LogP contribution in [0.2, 0.25) is 0 Å². The third-order valence-corrected chi connectivity index (χ3v) is 10.2. The fourth-order valence-electron chi connectivity index (χ4n) is 7.71. The summed E-state index contributed by atoms with van der Waals surface area (Å²) in [6, 6.07) is 7.56. The number of nitrogens with one attached hydrogen (secondary N) is 1. The van der Waals surface area contributed by atoms with Crippen molar-refractivity contribution >= 4 is 17.6 Å². The minimum atomic E-state index is -0.655. The molecule has 3 saturated heterocycles. The molecular weight excluding hydrogens is 506 g/mol. The summed E-state index contributed by atoms with van der Waals surface area (Å²) in [5, 5.41) is 3.12. The third-order valence-electron chi connectivity index (χ3n) is 10.2. The number of likely N-dealkylation sites (tertiary alicyclic amines) is 2. The van der Waals surface area contributed by atoms with Crippen LogP contribution in [0.3, 0.4) is 0 Å². The van der Waals surface area contributed by atoms with E-state index in [9.17, 15) is 14.4 Å². The standard InChI is InChI=1S/C32H45N3O5/c1-2-39-27-19-35(29-26(36)20-40-30(27)29)32(38)28(23-7-4-3-5-8-23)33-31(37)24-13-11-21(12-14-24)22-15-17-34(18-16-22)25-9-6-10-25/h11-14,22-23,25,27-30H,2-10,15-20H2,1H3,(H,33,37)/t27-,28-,29+,30+/m0/s1. The van der Waals surface area contributed by atoms with Crippen LogP contribution < -0.4 is 5.32 Å². The number of carbonyl (C=O) groups is 3. The van der Waals surface area contributed by atoms with Crippen molar-refractivity contribution in [3.63, 3.8) is 0 Å². The number of fused-ring (bicyclic) bond motifs is 1. The molecule has 2 aliphatic carbocycles. The predicted octanol–water partition coefficient (Wildman–Crippen LogP) is 3.68. The minimum absolute atomic E-state index is 0.00903. The second kappa shape index (κ2) is 12.3. The second-order valence-corrected chi connectivity index (χ2v) is 12.5. The van der Waals surface area contributed by atoms with Crippen LogP contribution in [0.4, 0.5) is 0 Å². The Balaban J connectivity index is 1.13. The number of nitrogens with zero attached hydrogens (tertiary/aromatic N) is 2. The fraction of sp³-hybridized carbons (Fsp3) is 0.719. The molecular formula is C32H45N3O5. The highest BCUT2D eigenvalue weighted by Crippen LogP contribution is 2.35. The maximum atomic E-state index is 14.1. The molecule has 1 N–H and O–H groups in total. The summed E-state index contributed by atoms with van der Waals surface area (Å²) < 4.78 is 11.6. The lowest BCUT2D eigenvalue weighted by Crippen LogP contribution is -2.55. The fourth-order valence-corrected chi connectivity index (χ4v) is 7.71. The first kappa shape index (κ1) is 27.9. The number of benzene rings is 1. The number of carbonyl (C=O) groups excluding carboxylic acids is 3. The molecule has 0 radical (unpaired) electrons. The quantitative estimate of drug-likeness (QED) is 0.530. The Morgan fingerprint density at radius 1 is 1.00 bits per heavy atom. The number of ketones is 1. The van der Waals surface area contributed by atoms with Gasteiger partial charge in [0.2, 0.25) is 5.91 Å². The van der Waals surface area contributed by atoms with E-state index in [4.69, 9.17) is 9.47 Å². The molecule has 0 aromatic heterocycles. The van der Waals surface area contributed by atoms with Crippen LogP contribution in [0.1, 0.15) is 93.0 Å². The van der Waals surface area contributed by atoms with Gasteiger partial charge in [-0.1, -0.05) is 37.8 Å². The lowest BCUT2D eigenvalue weighted by Gasteiger charge is -2.42. The number of ether oxygens (including phenoxy) is 2. The number of amides is 2. The minimum Gasteiger partial charge on any atom is -0.374 e. The van der Waals surface area contributed by atoms with E-state index < -0.39 is 18.2 Å². The van der Waals surface area contributed by atoms with Crippen LogP contribution in [0.15, 0.2) is 24.3 Å². The summed E-state index contributed by atoms with van der Waals surface area (Å²) in [4.78, 5) is 44.6. The van der Waals surface area contributed by atoms with Gasteiger partial charge in [0.25, 0.3) is 5.91 Å². The molecule has 2 saturated carbocycles. The first-order valence-corrected chi connectivity index (χ1v) is 15.7. The van der Waals surface area contributed by atoms with Crippen molar-refractivity contribution in [1.29, 1.82) is 0 Å². The Hall–Kier alpha value is -2.29. The smallest absolute Gasteiger partial charge is 0.251 e. The molecule has 3 aliphatic heterocycles. The molecule has 8 heteroatoms. The van der Waals surface area contributed by atoms with Crippen molar-refractivity contribution in [2.75, 3.05) is 32.8 Å². The van der Waals surface area contributed by atoms with Crippen molar-refractivity contribution in [2.45, 2.75) is 107 Å². The molecule has 5 fully saturated rings. The highest BCUT2D eigenvalue weighted by Gasteiger charge is 2.54. The molecule has 40 heavy (non-hydrogen) atoms. The monoisotopic (exact) mass is 551 g/mol. The van der Waals surface area contributed by atoms with Crippen molar-refractivity contribution in [1.82, 2.24) is 15.1 Å². The predicted molar refractivity (Wildman–Crippen MR) is 151 cm³/mol. The van der Waals surface area contributed by atoms with Crippen molar-refractivity contribution in [3.05, 3.63) is 35.4 Å². The maximum Gasteiger partial charge on any atom is 0.251 e. The topological polar surface area (TPSA) is 88.2 Å². The van der Waals surface area contributed by atoms with Gasteiger partial charge in [-0.25, -0.2) is 0 Å². The summed E-state index contributed by atoms with van der Waals surface area (Å²) in [7, 11) is 0. The van der Waals surface area contributed by atoms with E-state index in [0.29, 0.717) is 24.6 Å². The van der Waals surface area contributed by atoms with Gasteiger partial charge in [-0.05, 0) is 88.1 Å². The molecule has 2 amide bonds. The molecule has 5 aliphatic rings. The SMILES string of the molecule is CCO[C@H]1CN(C(=O)[C@@H](NC(=O)c2ccc(C3CCN(C4CCC4)CC3)cc2)C2CCCCC2)[C@@H]2C(=O)CO[C@H]12. The van der Waals surface area contributed by atoms with E-state index in [1.54, 1.807) is 4.90 Å². The van der Waals surface area contributed by atoms with Gasteiger partial charge in [-0.15, -0.1) is 0 Å². The van der Waals surface area contributed by atoms with Crippen molar-refractivity contribution < 1.29 is 23.9 Å². The summed E-state index contributed by atoms with van der Waals surface area (Å²) in [6.07, 6.45) is 10.7. The zero-order valence-corrected chi connectivity index (χ0v) is 23.9. The molecule has 1 aromatic carbocycles. The number of piperidine rings is 1. The molecule has 0 spiro atoms. The zero-order chi connectivity index (χ0) is 27.6. The Morgan fingerprint density at radius 2 is 1.73 bits per heavy atom. The third kappa shape index (κ3) is 5.59. The molecule has 1 aromatic rings. The molecule has 3 heterocycles. The van der Waals surface area contributed by atoms with Gasteiger partial charge in [0.05, 0.1) is 6.54 Å². The number of rotatable bonds is 8. The van der Waals surface area contributed by atoms with Gasteiger partial charge in [-0.3, -0.25) is 14.4 Å². The van der Waals surface area contributed by atoms with Crippen LogP contribution in [0.25, 0.3) is 0 Å². The number of Topliss-reactive ketones (excluding diaryl/α,β-unsaturated/α-hetero) is 1. The Labute approximate surface area is 238 Å². The first-order chi connectivity index (χ1) is 19.5. The van der Waals surface area contributed by atoms with Crippen LogP contribution >= 0.6 is 0 Å². The highest BCUT2D eigenvalue weighted by atomic mass is 16.6. The van der Waals surface area contributed by atoms with Gasteiger partial charge in [0.15, 0.2) is 5.78 Å². The maximum absolute atomic E-state index is 14.1. The summed E-state index contributed by atoms with van der Waals surface area (Å²) in [5.74, 6) is 0.126. The zero-order valence-electron chi connectivity index (χ0n) is 23.9. The Kier molecular flexibility index (Phi) is 8.56. The first-order valence-electron chi connectivity index (χ1n) is 15.7. The molecule has 0 bridgehead atoms. The van der Waals surface area contributed by atoms with Crippen molar-refractivity contribution in [2.24, 2.45) is 5.92 Å². The summed E-state index contributed by atoms with van der Waals surface area (Å²) >= 11 is 0. The highest BCUT2D eigenvalue weighted by molar-refractivity contribution is 5.99. The number of hydrogen-bond donors (Lipinski definition) is 1. The van der Waals surface area contributed by atoms with Crippen LogP contribution in [-0.4, -0.2) is 90.6 Å². The van der Waals surface area contributed by atoms with E-state index in [1.165, 1.54) is 50.8 Å². The Morgan fingerprint density at radius 3 is 2.38 bits per heavy atom. The molecule has 0 unspecified atom stereocenters. The summed E-state index contributed by atoms with van der Waals surface area (Å²) in [5.41, 5.74) is 1.88. The van der Waals surface area contributed by atoms with E-state index in [2.05, 4.69) is 22.3 Å². The molecule has 4 atom stereocenters. The van der Waals surface area contributed by atoms with Crippen LogP contribution in [-0.2, 0) is 19.1 Å². The van der Waals surface area contributed by atoms with Crippen molar-refractivity contribution in [3.8, 4) is 0 Å². The van der Waals surface area contributed by atoms with Gasteiger partial charge < -0.3 is 24.6 Å². The van der Waals surface area contributed by atoms with E-state index >= 15 is 0 Å². The lowest BCUT2D eigenvalue weighted by atomic mass is 9.83. The van der Waals surface area contributed by atoms with E-state index in [-0.39, 0.29) is 36.2 Å². The second-order valence-electron chi connectivity index (χ2n) is 12.5. The van der Waals surface area contributed by atoms with Crippen LogP contribution in [0, 0.1) is 5.92 Å². The number of hydrogen-bond acceptors (Lipinski definition) is 6. The van der Waals surface area contributed by atoms with Gasteiger partial charge >= 0.3 is 0 Å². The van der Waals surface area contributed by atoms with E-state index in [1.807, 2.05) is 19.1 Å². The van der Waals surface area contributed by atoms with Gasteiger partial charge in [0.1, 0.15) is 30.9 Å². The largest absolute Gasteiger partial charge is 0.374 e. The molecule has 8 nitrogen and oxygen atoms in total. The molecule has 6 rings (SSSR count).